The number of piperazine rings is 2. The summed E-state index contributed by atoms with van der Waals surface area (Å²) in [5.41, 5.74) is 4.68. The number of amides is 1. The van der Waals surface area contributed by atoms with Gasteiger partial charge in [-0.25, -0.2) is 0 Å². The molecular formula is C27H36N4O2. The molecule has 0 saturated carbocycles. The molecule has 0 bridgehead atoms. The summed E-state index contributed by atoms with van der Waals surface area (Å²) in [4.78, 5) is 22.5. The number of benzene rings is 2. The van der Waals surface area contributed by atoms with Crippen molar-refractivity contribution >= 4 is 11.6 Å². The third-order valence-corrected chi connectivity index (χ3v) is 7.34. The fraction of sp³-hybridized carbons (Fsp3) is 0.519. The van der Waals surface area contributed by atoms with Crippen molar-refractivity contribution in [3.05, 3.63) is 59.2 Å². The van der Waals surface area contributed by atoms with E-state index in [9.17, 15) is 4.79 Å². The van der Waals surface area contributed by atoms with Crippen molar-refractivity contribution < 1.29 is 9.53 Å². The number of rotatable bonds is 5. The molecule has 33 heavy (non-hydrogen) atoms. The number of nitrogens with zero attached hydrogens (tertiary/aromatic N) is 4. The zero-order valence-electron chi connectivity index (χ0n) is 20.0. The topological polar surface area (TPSA) is 39.3 Å². The normalized spacial score (nSPS) is 19.6. The predicted molar refractivity (Wildman–Crippen MR) is 132 cm³/mol. The van der Waals surface area contributed by atoms with Gasteiger partial charge in [0.1, 0.15) is 5.75 Å². The van der Waals surface area contributed by atoms with Crippen LogP contribution < -0.4 is 9.64 Å². The minimum absolute atomic E-state index is 0.153. The van der Waals surface area contributed by atoms with Gasteiger partial charge < -0.3 is 14.5 Å². The number of anilines is 1. The van der Waals surface area contributed by atoms with Gasteiger partial charge >= 0.3 is 0 Å². The van der Waals surface area contributed by atoms with E-state index in [1.165, 1.54) is 16.8 Å². The highest BCUT2D eigenvalue weighted by molar-refractivity contribution is 5.94. The summed E-state index contributed by atoms with van der Waals surface area (Å²) in [6.45, 7) is 14.0. The molecule has 0 aromatic heterocycles. The third kappa shape index (κ3) is 5.02. The first-order chi connectivity index (χ1) is 16.1. The van der Waals surface area contributed by atoms with E-state index in [4.69, 9.17) is 4.74 Å². The Morgan fingerprint density at radius 3 is 2.33 bits per heavy atom. The molecule has 0 unspecified atom stereocenters. The van der Waals surface area contributed by atoms with Crippen LogP contribution in [-0.4, -0.2) is 85.6 Å². The molecule has 0 spiro atoms. The number of carbonyl (C=O) groups is 1. The Morgan fingerprint density at radius 2 is 1.64 bits per heavy atom. The zero-order chi connectivity index (χ0) is 22.8. The Balaban J connectivity index is 1.12. The smallest absolute Gasteiger partial charge is 0.253 e. The maximum atomic E-state index is 13.1. The van der Waals surface area contributed by atoms with Crippen LogP contribution in [-0.2, 0) is 13.0 Å². The van der Waals surface area contributed by atoms with Gasteiger partial charge in [0.25, 0.3) is 5.91 Å². The van der Waals surface area contributed by atoms with Crippen LogP contribution in [0.3, 0.4) is 0 Å². The Bertz CT molecular complexity index is 959. The molecule has 6 heteroatoms. The van der Waals surface area contributed by atoms with Crippen molar-refractivity contribution in [1.29, 1.82) is 0 Å². The fourth-order valence-electron chi connectivity index (χ4n) is 5.20. The molecule has 0 atom stereocenters. The van der Waals surface area contributed by atoms with Crippen LogP contribution in [0.25, 0.3) is 0 Å². The van der Waals surface area contributed by atoms with E-state index in [1.807, 2.05) is 17.0 Å². The summed E-state index contributed by atoms with van der Waals surface area (Å²) in [7, 11) is 0. The quantitative estimate of drug-likeness (QED) is 0.703. The Morgan fingerprint density at radius 1 is 0.909 bits per heavy atom. The van der Waals surface area contributed by atoms with Crippen molar-refractivity contribution in [2.24, 2.45) is 0 Å². The molecule has 5 rings (SSSR count). The molecule has 0 radical (unpaired) electrons. The van der Waals surface area contributed by atoms with Crippen LogP contribution in [0.5, 0.6) is 5.75 Å². The van der Waals surface area contributed by atoms with E-state index < -0.39 is 0 Å². The van der Waals surface area contributed by atoms with E-state index in [-0.39, 0.29) is 5.91 Å². The number of hydrogen-bond acceptors (Lipinski definition) is 5. The van der Waals surface area contributed by atoms with Gasteiger partial charge in [-0.3, -0.25) is 14.6 Å². The Kier molecular flexibility index (Phi) is 6.56. The van der Waals surface area contributed by atoms with Crippen LogP contribution in [0.15, 0.2) is 42.5 Å². The van der Waals surface area contributed by atoms with Crippen LogP contribution in [0.1, 0.15) is 35.3 Å². The van der Waals surface area contributed by atoms with Crippen LogP contribution in [0.4, 0.5) is 5.69 Å². The zero-order valence-corrected chi connectivity index (χ0v) is 20.0. The highest BCUT2D eigenvalue weighted by Crippen LogP contribution is 2.26. The minimum atomic E-state index is 0.153. The van der Waals surface area contributed by atoms with Crippen molar-refractivity contribution in [2.45, 2.75) is 32.9 Å². The molecule has 3 aliphatic rings. The summed E-state index contributed by atoms with van der Waals surface area (Å²) >= 11 is 0. The minimum Gasteiger partial charge on any atom is -0.493 e. The van der Waals surface area contributed by atoms with Crippen molar-refractivity contribution in [3.8, 4) is 5.75 Å². The van der Waals surface area contributed by atoms with Gasteiger partial charge in [0.2, 0.25) is 0 Å². The second kappa shape index (κ2) is 9.74. The Hall–Kier alpha value is -2.57. The van der Waals surface area contributed by atoms with Crippen molar-refractivity contribution in [3.63, 3.8) is 0 Å². The number of carbonyl (C=O) groups excluding carboxylic acids is 1. The lowest BCUT2D eigenvalue weighted by Gasteiger charge is -2.38. The molecule has 3 aliphatic heterocycles. The van der Waals surface area contributed by atoms with Gasteiger partial charge in [-0.15, -0.1) is 0 Å². The first-order valence-corrected chi connectivity index (χ1v) is 12.4. The molecule has 0 N–H and O–H groups in total. The SMILES string of the molecule is CC(C)N1CCN(c2ccc(C(=O)N3CCN(Cc4ccc5c(c4)CCO5)CC3)cc2)CC1. The summed E-state index contributed by atoms with van der Waals surface area (Å²) in [5, 5.41) is 0. The van der Waals surface area contributed by atoms with Crippen molar-refractivity contribution in [2.75, 3.05) is 63.9 Å². The van der Waals surface area contributed by atoms with Gasteiger partial charge in [-0.1, -0.05) is 12.1 Å². The molecule has 6 nitrogen and oxygen atoms in total. The number of fused-ring (bicyclic) bond motifs is 1. The highest BCUT2D eigenvalue weighted by atomic mass is 16.5. The summed E-state index contributed by atoms with van der Waals surface area (Å²) in [6.07, 6.45) is 1.01. The second-order valence-corrected chi connectivity index (χ2v) is 9.77. The molecule has 0 aliphatic carbocycles. The summed E-state index contributed by atoms with van der Waals surface area (Å²) < 4.78 is 5.62. The average molecular weight is 449 g/mol. The van der Waals surface area contributed by atoms with Gasteiger partial charge in [0.05, 0.1) is 6.61 Å². The summed E-state index contributed by atoms with van der Waals surface area (Å²) in [5.74, 6) is 1.19. The predicted octanol–water partition coefficient (Wildman–Crippen LogP) is 3.11. The molecular weight excluding hydrogens is 412 g/mol. The van der Waals surface area contributed by atoms with Gasteiger partial charge in [-0.2, -0.15) is 0 Å². The highest BCUT2D eigenvalue weighted by Gasteiger charge is 2.24. The first-order valence-electron chi connectivity index (χ1n) is 12.4. The van der Waals surface area contributed by atoms with Gasteiger partial charge in [-0.05, 0) is 55.3 Å². The van der Waals surface area contributed by atoms with E-state index in [2.05, 4.69) is 58.9 Å². The largest absolute Gasteiger partial charge is 0.493 e. The maximum absolute atomic E-state index is 13.1. The van der Waals surface area contributed by atoms with E-state index in [1.54, 1.807) is 0 Å². The van der Waals surface area contributed by atoms with Gasteiger partial charge in [0.15, 0.2) is 0 Å². The van der Waals surface area contributed by atoms with E-state index in [0.29, 0.717) is 6.04 Å². The Labute approximate surface area is 197 Å². The maximum Gasteiger partial charge on any atom is 0.253 e. The lowest BCUT2D eigenvalue weighted by Crippen LogP contribution is -2.49. The molecule has 2 fully saturated rings. The molecule has 3 heterocycles. The number of hydrogen-bond donors (Lipinski definition) is 0. The standard InChI is InChI=1S/C27H36N4O2/c1-21(2)29-14-16-30(17-15-29)25-6-4-23(5-7-25)27(32)31-12-10-28(11-13-31)20-22-3-8-26-24(19-22)9-18-33-26/h3-8,19,21H,9-18,20H2,1-2H3. The summed E-state index contributed by atoms with van der Waals surface area (Å²) in [6, 6.07) is 15.4. The van der Waals surface area contributed by atoms with E-state index in [0.717, 1.165) is 83.2 Å². The molecule has 2 aromatic carbocycles. The van der Waals surface area contributed by atoms with Gasteiger partial charge in [0, 0.05) is 82.6 Å². The van der Waals surface area contributed by atoms with Crippen LogP contribution >= 0.6 is 0 Å². The lowest BCUT2D eigenvalue weighted by molar-refractivity contribution is 0.0628. The van der Waals surface area contributed by atoms with Crippen LogP contribution in [0, 0.1) is 0 Å². The third-order valence-electron chi connectivity index (χ3n) is 7.34. The fourth-order valence-corrected chi connectivity index (χ4v) is 5.20. The molecule has 176 valence electrons. The average Bonchev–Trinajstić information content (AvgIpc) is 3.32. The van der Waals surface area contributed by atoms with E-state index >= 15 is 0 Å². The number of ether oxygens (including phenoxy) is 1. The molecule has 2 aromatic rings. The second-order valence-electron chi connectivity index (χ2n) is 9.77. The van der Waals surface area contributed by atoms with Crippen molar-refractivity contribution in [1.82, 2.24) is 14.7 Å². The first kappa shape index (κ1) is 22.2. The lowest BCUT2D eigenvalue weighted by atomic mass is 10.1. The monoisotopic (exact) mass is 448 g/mol. The molecule has 2 saturated heterocycles. The molecule has 1 amide bonds. The van der Waals surface area contributed by atoms with Crippen LogP contribution in [0.2, 0.25) is 0 Å².